The summed E-state index contributed by atoms with van der Waals surface area (Å²) in [7, 11) is -3.70. The summed E-state index contributed by atoms with van der Waals surface area (Å²) in [5.41, 5.74) is 3.48. The second-order valence-corrected chi connectivity index (χ2v) is 8.31. The van der Waals surface area contributed by atoms with Gasteiger partial charge in [-0.05, 0) is 30.3 Å². The number of rotatable bonds is 5. The Morgan fingerprint density at radius 1 is 1.11 bits per heavy atom. The minimum absolute atomic E-state index is 0.137. The molecule has 2 aliphatic heterocycles. The van der Waals surface area contributed by atoms with Crippen LogP contribution in [0.25, 0.3) is 0 Å². The van der Waals surface area contributed by atoms with E-state index in [2.05, 4.69) is 10.0 Å². The van der Waals surface area contributed by atoms with Crippen molar-refractivity contribution in [1.82, 2.24) is 4.72 Å². The van der Waals surface area contributed by atoms with Gasteiger partial charge in [-0.3, -0.25) is 4.79 Å². The third-order valence-electron chi connectivity index (χ3n) is 4.68. The molecule has 0 radical (unpaired) electrons. The van der Waals surface area contributed by atoms with Gasteiger partial charge in [0, 0.05) is 48.7 Å². The minimum atomic E-state index is -3.70. The van der Waals surface area contributed by atoms with Crippen molar-refractivity contribution in [2.75, 3.05) is 18.5 Å². The number of anilines is 1. The van der Waals surface area contributed by atoms with Gasteiger partial charge in [0.2, 0.25) is 15.9 Å². The lowest BCUT2D eigenvalue weighted by atomic mass is 10.00. The van der Waals surface area contributed by atoms with Gasteiger partial charge in [-0.1, -0.05) is 0 Å². The predicted octanol–water partition coefficient (Wildman–Crippen LogP) is 1.99. The predicted molar refractivity (Wildman–Crippen MR) is 99.6 cm³/mol. The Hall–Kier alpha value is -2.58. The highest BCUT2D eigenvalue weighted by atomic mass is 32.2. The molecule has 8 heteroatoms. The van der Waals surface area contributed by atoms with Crippen molar-refractivity contribution in [3.05, 3.63) is 47.0 Å². The number of carbonyl (C=O) groups is 1. The molecule has 2 aromatic carbocycles. The van der Waals surface area contributed by atoms with E-state index in [0.717, 1.165) is 41.0 Å². The van der Waals surface area contributed by atoms with Crippen LogP contribution in [-0.4, -0.2) is 27.5 Å². The number of amides is 1. The second-order valence-electron chi connectivity index (χ2n) is 6.55. The van der Waals surface area contributed by atoms with Crippen LogP contribution in [0.2, 0.25) is 0 Å². The summed E-state index contributed by atoms with van der Waals surface area (Å²) in [5, 5.41) is 2.61. The number of nitrogens with one attached hydrogen (secondary N) is 2. The van der Waals surface area contributed by atoms with E-state index in [9.17, 15) is 13.2 Å². The van der Waals surface area contributed by atoms with Crippen LogP contribution in [0, 0.1) is 0 Å². The zero-order chi connectivity index (χ0) is 19.0. The summed E-state index contributed by atoms with van der Waals surface area (Å²) >= 11 is 0. The standard InChI is InChI=1S/C19H20N2O5S/c1-12(22)21-14-2-4-15(5-3-14)27(23,24)20-11-17-16-7-9-25-18(16)10-13-6-8-26-19(13)17/h2-5,10,20H,6-9,11H2,1H3,(H,21,22). The van der Waals surface area contributed by atoms with Crippen molar-refractivity contribution in [1.29, 1.82) is 0 Å². The van der Waals surface area contributed by atoms with Gasteiger partial charge in [-0.2, -0.15) is 0 Å². The summed E-state index contributed by atoms with van der Waals surface area (Å²) < 4.78 is 39.4. The van der Waals surface area contributed by atoms with E-state index in [1.807, 2.05) is 6.07 Å². The average Bonchev–Trinajstić information content (AvgIpc) is 3.27. The molecule has 2 aliphatic rings. The quantitative estimate of drug-likeness (QED) is 0.817. The summed E-state index contributed by atoms with van der Waals surface area (Å²) in [4.78, 5) is 11.2. The van der Waals surface area contributed by atoms with Crippen LogP contribution >= 0.6 is 0 Å². The molecule has 0 unspecified atom stereocenters. The maximum atomic E-state index is 12.7. The van der Waals surface area contributed by atoms with Gasteiger partial charge in [0.05, 0.1) is 18.1 Å². The number of fused-ring (bicyclic) bond motifs is 2. The molecular weight excluding hydrogens is 368 g/mol. The van der Waals surface area contributed by atoms with Gasteiger partial charge in [-0.25, -0.2) is 13.1 Å². The topological polar surface area (TPSA) is 93.7 Å². The molecule has 0 saturated carbocycles. The molecule has 142 valence electrons. The molecule has 2 heterocycles. The number of sulfonamides is 1. The molecule has 1 amide bonds. The van der Waals surface area contributed by atoms with Crippen LogP contribution in [0.5, 0.6) is 11.5 Å². The summed E-state index contributed by atoms with van der Waals surface area (Å²) in [6.07, 6.45) is 1.55. The monoisotopic (exact) mass is 388 g/mol. The van der Waals surface area contributed by atoms with Crippen LogP contribution in [0.1, 0.15) is 23.6 Å². The molecule has 0 bridgehead atoms. The van der Waals surface area contributed by atoms with Crippen LogP contribution in [0.15, 0.2) is 35.2 Å². The van der Waals surface area contributed by atoms with Crippen molar-refractivity contribution in [2.24, 2.45) is 0 Å². The Labute approximate surface area is 157 Å². The first kappa shape index (κ1) is 17.8. The van der Waals surface area contributed by atoms with Crippen molar-refractivity contribution >= 4 is 21.6 Å². The zero-order valence-corrected chi connectivity index (χ0v) is 15.7. The van der Waals surface area contributed by atoms with Crippen LogP contribution in [-0.2, 0) is 34.2 Å². The van der Waals surface area contributed by atoms with Crippen molar-refractivity contribution in [2.45, 2.75) is 31.2 Å². The molecule has 0 atom stereocenters. The van der Waals surface area contributed by atoms with E-state index in [4.69, 9.17) is 9.47 Å². The normalized spacial score (nSPS) is 14.9. The fraction of sp³-hybridized carbons (Fsp3) is 0.316. The minimum Gasteiger partial charge on any atom is -0.493 e. The number of hydrogen-bond acceptors (Lipinski definition) is 5. The molecule has 2 aromatic rings. The Morgan fingerprint density at radius 2 is 1.85 bits per heavy atom. The maximum absolute atomic E-state index is 12.7. The van der Waals surface area contributed by atoms with Crippen LogP contribution in [0.3, 0.4) is 0 Å². The third kappa shape index (κ3) is 3.50. The number of ether oxygens (including phenoxy) is 2. The number of carbonyl (C=O) groups excluding carboxylic acids is 1. The smallest absolute Gasteiger partial charge is 0.240 e. The summed E-state index contributed by atoms with van der Waals surface area (Å²) in [5.74, 6) is 1.40. The first-order chi connectivity index (χ1) is 12.9. The van der Waals surface area contributed by atoms with Gasteiger partial charge in [0.15, 0.2) is 0 Å². The van der Waals surface area contributed by atoms with E-state index in [1.165, 1.54) is 19.1 Å². The largest absolute Gasteiger partial charge is 0.493 e. The molecule has 0 aromatic heterocycles. The molecule has 0 spiro atoms. The summed E-state index contributed by atoms with van der Waals surface area (Å²) in [6, 6.07) is 8.05. The van der Waals surface area contributed by atoms with E-state index >= 15 is 0 Å². The molecule has 0 fully saturated rings. The van der Waals surface area contributed by atoms with E-state index in [0.29, 0.717) is 18.9 Å². The van der Waals surface area contributed by atoms with Crippen molar-refractivity contribution in [3.63, 3.8) is 0 Å². The maximum Gasteiger partial charge on any atom is 0.240 e. The molecule has 0 aliphatic carbocycles. The molecule has 0 saturated heterocycles. The Kier molecular flexibility index (Phi) is 4.53. The Morgan fingerprint density at radius 3 is 2.59 bits per heavy atom. The summed E-state index contributed by atoms with van der Waals surface area (Å²) in [6.45, 7) is 2.74. The first-order valence-electron chi connectivity index (χ1n) is 8.74. The van der Waals surface area contributed by atoms with Gasteiger partial charge in [-0.15, -0.1) is 0 Å². The van der Waals surface area contributed by atoms with E-state index in [1.54, 1.807) is 12.1 Å². The number of hydrogen-bond donors (Lipinski definition) is 2. The van der Waals surface area contributed by atoms with Gasteiger partial charge >= 0.3 is 0 Å². The lowest BCUT2D eigenvalue weighted by molar-refractivity contribution is -0.114. The fourth-order valence-corrected chi connectivity index (χ4v) is 4.44. The molecule has 2 N–H and O–H groups in total. The molecule has 27 heavy (non-hydrogen) atoms. The SMILES string of the molecule is CC(=O)Nc1ccc(S(=O)(=O)NCc2c3c(cc4c2OCC4)OCC3)cc1. The van der Waals surface area contributed by atoms with E-state index in [-0.39, 0.29) is 17.3 Å². The molecule has 7 nitrogen and oxygen atoms in total. The highest BCUT2D eigenvalue weighted by Gasteiger charge is 2.27. The van der Waals surface area contributed by atoms with Crippen molar-refractivity contribution < 1.29 is 22.7 Å². The van der Waals surface area contributed by atoms with Crippen LogP contribution in [0.4, 0.5) is 5.69 Å². The highest BCUT2D eigenvalue weighted by molar-refractivity contribution is 7.89. The lowest BCUT2D eigenvalue weighted by Crippen LogP contribution is -2.24. The number of benzene rings is 2. The third-order valence-corrected chi connectivity index (χ3v) is 6.10. The lowest BCUT2D eigenvalue weighted by Gasteiger charge is -2.14. The fourth-order valence-electron chi connectivity index (χ4n) is 3.44. The molecular formula is C19H20N2O5S. The average molecular weight is 388 g/mol. The van der Waals surface area contributed by atoms with Crippen LogP contribution < -0.4 is 19.5 Å². The Balaban J connectivity index is 1.56. The highest BCUT2D eigenvalue weighted by Crippen LogP contribution is 2.40. The zero-order valence-electron chi connectivity index (χ0n) is 14.9. The van der Waals surface area contributed by atoms with Gasteiger partial charge < -0.3 is 14.8 Å². The molecule has 4 rings (SSSR count). The first-order valence-corrected chi connectivity index (χ1v) is 10.2. The van der Waals surface area contributed by atoms with Crippen molar-refractivity contribution in [3.8, 4) is 11.5 Å². The van der Waals surface area contributed by atoms with Gasteiger partial charge in [0.1, 0.15) is 11.5 Å². The second kappa shape index (κ2) is 6.86. The Bertz CT molecular complexity index is 968. The van der Waals surface area contributed by atoms with Gasteiger partial charge in [0.25, 0.3) is 0 Å². The van der Waals surface area contributed by atoms with E-state index < -0.39 is 10.0 Å².